The zero-order valence-corrected chi connectivity index (χ0v) is 17.6. The molecule has 0 unspecified atom stereocenters. The molecular weight excluding hydrogens is 396 g/mol. The molecule has 0 amide bonds. The predicted molar refractivity (Wildman–Crippen MR) is 119 cm³/mol. The maximum absolute atomic E-state index is 12.3. The minimum Gasteiger partial charge on any atom is -0.459 e. The van der Waals surface area contributed by atoms with E-state index in [0.717, 1.165) is 31.2 Å². The molecule has 31 heavy (non-hydrogen) atoms. The summed E-state index contributed by atoms with van der Waals surface area (Å²) < 4.78 is 16.1. The maximum atomic E-state index is 12.3. The van der Waals surface area contributed by atoms with Gasteiger partial charge in [0.05, 0.1) is 11.7 Å². The zero-order valence-electron chi connectivity index (χ0n) is 17.6. The number of hydrogen-bond acceptors (Lipinski definition) is 7. The highest BCUT2D eigenvalue weighted by Crippen LogP contribution is 2.24. The summed E-state index contributed by atoms with van der Waals surface area (Å²) >= 11 is 0. The molecule has 4 N–H and O–H groups in total. The number of benzene rings is 2. The van der Waals surface area contributed by atoms with Crippen molar-refractivity contribution in [3.63, 3.8) is 0 Å². The van der Waals surface area contributed by atoms with Gasteiger partial charge in [-0.2, -0.15) is 0 Å². The van der Waals surface area contributed by atoms with Crippen LogP contribution in [0.4, 0.5) is 11.4 Å². The van der Waals surface area contributed by atoms with Crippen LogP contribution in [0.25, 0.3) is 6.08 Å². The van der Waals surface area contributed by atoms with Crippen LogP contribution in [0.1, 0.15) is 47.2 Å². The van der Waals surface area contributed by atoms with Crippen LogP contribution in [0.3, 0.4) is 0 Å². The van der Waals surface area contributed by atoms with E-state index in [1.807, 2.05) is 0 Å². The Hall–Kier alpha value is -3.32. The SMILES string of the molecule is COC1CCC(OC(=O)c2ccc(/C=C/C(=O)OCc3ccc(N)cc3N)cc2)CC1. The molecule has 2 aromatic carbocycles. The number of nitrogens with two attached hydrogens (primary N) is 2. The molecule has 0 radical (unpaired) electrons. The van der Waals surface area contributed by atoms with Crippen LogP contribution in [0, 0.1) is 0 Å². The minimum atomic E-state index is -0.494. The first-order valence-electron chi connectivity index (χ1n) is 10.3. The predicted octanol–water partition coefficient (Wildman–Crippen LogP) is 3.72. The number of ether oxygens (including phenoxy) is 3. The molecule has 0 spiro atoms. The van der Waals surface area contributed by atoms with Gasteiger partial charge in [-0.15, -0.1) is 0 Å². The number of rotatable bonds is 7. The van der Waals surface area contributed by atoms with Crippen molar-refractivity contribution in [1.29, 1.82) is 0 Å². The van der Waals surface area contributed by atoms with Gasteiger partial charge in [-0.3, -0.25) is 0 Å². The Labute approximate surface area is 182 Å². The van der Waals surface area contributed by atoms with Crippen molar-refractivity contribution < 1.29 is 23.8 Å². The molecule has 7 nitrogen and oxygen atoms in total. The molecule has 1 aliphatic rings. The molecule has 7 heteroatoms. The molecule has 1 fully saturated rings. The van der Waals surface area contributed by atoms with Crippen molar-refractivity contribution in [2.75, 3.05) is 18.6 Å². The molecule has 0 atom stereocenters. The first-order valence-corrected chi connectivity index (χ1v) is 10.3. The van der Waals surface area contributed by atoms with E-state index in [-0.39, 0.29) is 24.8 Å². The van der Waals surface area contributed by atoms with E-state index >= 15 is 0 Å². The summed E-state index contributed by atoms with van der Waals surface area (Å²) in [5, 5.41) is 0. The average molecular weight is 424 g/mol. The molecule has 3 rings (SSSR count). The number of carbonyl (C=O) groups excluding carboxylic acids is 2. The lowest BCUT2D eigenvalue weighted by atomic mass is 9.95. The van der Waals surface area contributed by atoms with Gasteiger partial charge in [-0.25, -0.2) is 9.59 Å². The van der Waals surface area contributed by atoms with E-state index in [9.17, 15) is 9.59 Å². The molecule has 0 aliphatic heterocycles. The summed E-state index contributed by atoms with van der Waals surface area (Å²) in [6.45, 7) is 0.0619. The summed E-state index contributed by atoms with van der Waals surface area (Å²) in [4.78, 5) is 24.3. The van der Waals surface area contributed by atoms with E-state index in [2.05, 4.69) is 0 Å². The Bertz CT molecular complexity index is 931. The monoisotopic (exact) mass is 424 g/mol. The van der Waals surface area contributed by atoms with Gasteiger partial charge in [-0.05, 0) is 61.6 Å². The maximum Gasteiger partial charge on any atom is 0.338 e. The van der Waals surface area contributed by atoms with Gasteiger partial charge in [0.25, 0.3) is 0 Å². The minimum absolute atomic E-state index is 0.0619. The number of nitrogen functional groups attached to an aromatic ring is 2. The van der Waals surface area contributed by atoms with E-state index < -0.39 is 5.97 Å². The molecule has 0 bridgehead atoms. The number of hydrogen-bond donors (Lipinski definition) is 2. The fourth-order valence-corrected chi connectivity index (χ4v) is 3.44. The highest BCUT2D eigenvalue weighted by molar-refractivity contribution is 5.90. The van der Waals surface area contributed by atoms with Gasteiger partial charge in [0.2, 0.25) is 0 Å². The average Bonchev–Trinajstić information content (AvgIpc) is 2.78. The molecule has 2 aromatic rings. The summed E-state index contributed by atoms with van der Waals surface area (Å²) in [7, 11) is 1.71. The normalized spacial score (nSPS) is 18.6. The van der Waals surface area contributed by atoms with Gasteiger partial charge in [0.15, 0.2) is 0 Å². The Kier molecular flexibility index (Phi) is 7.67. The van der Waals surface area contributed by atoms with Crippen molar-refractivity contribution in [2.24, 2.45) is 0 Å². The van der Waals surface area contributed by atoms with E-state index in [1.165, 1.54) is 6.08 Å². The topological polar surface area (TPSA) is 114 Å². The summed E-state index contributed by atoms with van der Waals surface area (Å²) in [5.74, 6) is -0.830. The van der Waals surface area contributed by atoms with Gasteiger partial charge < -0.3 is 25.7 Å². The number of anilines is 2. The Balaban J connectivity index is 1.47. The van der Waals surface area contributed by atoms with Gasteiger partial charge in [-0.1, -0.05) is 18.2 Å². The largest absolute Gasteiger partial charge is 0.459 e. The Morgan fingerprint density at radius 1 is 1.00 bits per heavy atom. The standard InChI is InChI=1S/C24H28N2O5/c1-29-20-9-11-21(12-10-20)31-24(28)17-5-2-16(3-6-17)4-13-23(27)30-15-18-7-8-19(25)14-22(18)26/h2-8,13-14,20-21H,9-12,15,25-26H2,1H3/b13-4+. The highest BCUT2D eigenvalue weighted by Gasteiger charge is 2.24. The van der Waals surface area contributed by atoms with Gasteiger partial charge >= 0.3 is 11.9 Å². The Morgan fingerprint density at radius 2 is 1.68 bits per heavy atom. The first-order chi connectivity index (χ1) is 14.9. The Morgan fingerprint density at radius 3 is 2.32 bits per heavy atom. The van der Waals surface area contributed by atoms with Gasteiger partial charge in [0, 0.05) is 30.1 Å². The van der Waals surface area contributed by atoms with Crippen molar-refractivity contribution in [3.8, 4) is 0 Å². The van der Waals surface area contributed by atoms with E-state index in [1.54, 1.807) is 55.7 Å². The molecule has 0 saturated heterocycles. The first kappa shape index (κ1) is 22.4. The zero-order chi connectivity index (χ0) is 22.2. The van der Waals surface area contributed by atoms with Crippen molar-refractivity contribution >= 4 is 29.4 Å². The quantitative estimate of drug-likeness (QED) is 0.395. The second-order valence-corrected chi connectivity index (χ2v) is 7.56. The number of carbonyl (C=O) groups is 2. The van der Waals surface area contributed by atoms with Crippen molar-refractivity contribution in [1.82, 2.24) is 0 Å². The third-order valence-corrected chi connectivity index (χ3v) is 5.33. The molecule has 164 valence electrons. The van der Waals surface area contributed by atoms with E-state index in [0.29, 0.717) is 22.5 Å². The van der Waals surface area contributed by atoms with Crippen LogP contribution < -0.4 is 11.5 Å². The fraction of sp³-hybridized carbons (Fsp3) is 0.333. The van der Waals surface area contributed by atoms with Crippen LogP contribution in [0.5, 0.6) is 0 Å². The molecular formula is C24H28N2O5. The second kappa shape index (κ2) is 10.6. The third-order valence-electron chi connectivity index (χ3n) is 5.33. The van der Waals surface area contributed by atoms with Crippen molar-refractivity contribution in [3.05, 3.63) is 65.2 Å². The number of esters is 2. The molecule has 1 aliphatic carbocycles. The van der Waals surface area contributed by atoms with Crippen LogP contribution >= 0.6 is 0 Å². The summed E-state index contributed by atoms with van der Waals surface area (Å²) in [5.41, 5.74) is 14.5. The summed E-state index contributed by atoms with van der Waals surface area (Å²) in [6, 6.07) is 11.9. The van der Waals surface area contributed by atoms with Crippen LogP contribution in [0.15, 0.2) is 48.5 Å². The number of methoxy groups -OCH3 is 1. The van der Waals surface area contributed by atoms with Crippen LogP contribution in [0.2, 0.25) is 0 Å². The molecule has 1 saturated carbocycles. The second-order valence-electron chi connectivity index (χ2n) is 7.56. The van der Waals surface area contributed by atoms with Gasteiger partial charge in [0.1, 0.15) is 12.7 Å². The van der Waals surface area contributed by atoms with Crippen LogP contribution in [-0.2, 0) is 25.6 Å². The molecule has 0 heterocycles. The lowest BCUT2D eigenvalue weighted by Gasteiger charge is -2.27. The molecule has 0 aromatic heterocycles. The summed E-state index contributed by atoms with van der Waals surface area (Å²) in [6.07, 6.45) is 6.58. The van der Waals surface area contributed by atoms with E-state index in [4.69, 9.17) is 25.7 Å². The lowest BCUT2D eigenvalue weighted by Crippen LogP contribution is -2.27. The van der Waals surface area contributed by atoms with Crippen molar-refractivity contribution in [2.45, 2.75) is 44.5 Å². The highest BCUT2D eigenvalue weighted by atomic mass is 16.5. The third kappa shape index (κ3) is 6.58. The lowest BCUT2D eigenvalue weighted by molar-refractivity contribution is -0.138. The fourth-order valence-electron chi connectivity index (χ4n) is 3.44. The van der Waals surface area contributed by atoms with Crippen LogP contribution in [-0.4, -0.2) is 31.3 Å². The smallest absolute Gasteiger partial charge is 0.338 e.